The molecule has 5 heteroatoms. The first-order valence-electron chi connectivity index (χ1n) is 9.64. The second kappa shape index (κ2) is 7.68. The average molecular weight is 377 g/mol. The van der Waals surface area contributed by atoms with Crippen molar-refractivity contribution in [3.05, 3.63) is 77.9 Å². The first-order chi connectivity index (χ1) is 13.5. The van der Waals surface area contributed by atoms with Crippen LogP contribution in [0, 0.1) is 0 Å². The fourth-order valence-electron chi connectivity index (χ4n) is 3.42. The molecule has 146 valence electrons. The highest BCUT2D eigenvalue weighted by molar-refractivity contribution is 5.44. The Balaban J connectivity index is 1.54. The fraction of sp³-hybridized carbons (Fsp3) is 0.348. The molecule has 0 unspecified atom stereocenters. The number of pyridine rings is 1. The summed E-state index contributed by atoms with van der Waals surface area (Å²) >= 11 is 0. The molecular formula is C23H27N3O2. The van der Waals surface area contributed by atoms with Crippen LogP contribution in [-0.4, -0.2) is 21.2 Å². The highest BCUT2D eigenvalue weighted by Crippen LogP contribution is 2.33. The van der Waals surface area contributed by atoms with Gasteiger partial charge in [-0.15, -0.1) is 0 Å². The fourth-order valence-corrected chi connectivity index (χ4v) is 3.42. The quantitative estimate of drug-likeness (QED) is 0.631. The second-order valence-corrected chi connectivity index (χ2v) is 8.29. The normalized spacial score (nSPS) is 13.3. The number of hydrogen-bond donors (Lipinski definition) is 0. The number of ether oxygens (including phenoxy) is 2. The van der Waals surface area contributed by atoms with Crippen LogP contribution < -0.4 is 9.47 Å². The standard InChI is InChI=1S/C23H27N3O2/c1-23(2,3)26-11-8-20(16-26)15-25(13-18-6-9-24-10-7-18)14-19-4-5-21-22(12-19)28-17-27-21/h4-12,16H,13-15,17H2,1-3H3. The molecule has 1 aromatic carbocycles. The van der Waals surface area contributed by atoms with Crippen molar-refractivity contribution in [1.29, 1.82) is 0 Å². The van der Waals surface area contributed by atoms with Crippen molar-refractivity contribution in [2.75, 3.05) is 6.79 Å². The SMILES string of the molecule is CC(C)(C)n1ccc(CN(Cc2ccncc2)Cc2ccc3c(c2)OCO3)c1. The lowest BCUT2D eigenvalue weighted by atomic mass is 10.1. The highest BCUT2D eigenvalue weighted by Gasteiger charge is 2.17. The van der Waals surface area contributed by atoms with E-state index in [9.17, 15) is 0 Å². The molecule has 3 aromatic rings. The van der Waals surface area contributed by atoms with E-state index in [4.69, 9.17) is 9.47 Å². The third-order valence-corrected chi connectivity index (χ3v) is 4.93. The van der Waals surface area contributed by atoms with Crippen molar-refractivity contribution in [2.45, 2.75) is 45.9 Å². The molecule has 3 heterocycles. The molecule has 5 nitrogen and oxygen atoms in total. The summed E-state index contributed by atoms with van der Waals surface area (Å²) in [6.45, 7) is 9.53. The van der Waals surface area contributed by atoms with Crippen molar-refractivity contribution < 1.29 is 9.47 Å². The zero-order valence-electron chi connectivity index (χ0n) is 16.8. The summed E-state index contributed by atoms with van der Waals surface area (Å²) < 4.78 is 13.3. The van der Waals surface area contributed by atoms with E-state index in [0.717, 1.165) is 31.1 Å². The van der Waals surface area contributed by atoms with Crippen LogP contribution in [-0.2, 0) is 25.2 Å². The largest absolute Gasteiger partial charge is 0.454 e. The van der Waals surface area contributed by atoms with Crippen molar-refractivity contribution >= 4 is 0 Å². The Morgan fingerprint density at radius 1 is 0.893 bits per heavy atom. The predicted molar refractivity (Wildman–Crippen MR) is 109 cm³/mol. The molecule has 0 amide bonds. The van der Waals surface area contributed by atoms with Crippen LogP contribution in [0.5, 0.6) is 11.5 Å². The van der Waals surface area contributed by atoms with E-state index in [1.807, 2.05) is 18.5 Å². The minimum atomic E-state index is 0.0888. The van der Waals surface area contributed by atoms with E-state index in [1.54, 1.807) is 0 Å². The molecule has 0 saturated heterocycles. The molecular weight excluding hydrogens is 350 g/mol. The minimum absolute atomic E-state index is 0.0888. The van der Waals surface area contributed by atoms with E-state index >= 15 is 0 Å². The minimum Gasteiger partial charge on any atom is -0.454 e. The molecule has 4 rings (SSSR count). The Kier molecular flexibility index (Phi) is 5.09. The summed E-state index contributed by atoms with van der Waals surface area (Å²) in [5.41, 5.74) is 3.87. The molecule has 1 aliphatic heterocycles. The third-order valence-electron chi connectivity index (χ3n) is 4.93. The number of nitrogens with zero attached hydrogens (tertiary/aromatic N) is 3. The first-order valence-corrected chi connectivity index (χ1v) is 9.64. The Morgan fingerprint density at radius 3 is 2.36 bits per heavy atom. The summed E-state index contributed by atoms with van der Waals surface area (Å²) in [6.07, 6.45) is 8.12. The number of fused-ring (bicyclic) bond motifs is 1. The van der Waals surface area contributed by atoms with Crippen LogP contribution in [0.25, 0.3) is 0 Å². The van der Waals surface area contributed by atoms with Gasteiger partial charge in [0.1, 0.15) is 0 Å². The van der Waals surface area contributed by atoms with Crippen LogP contribution in [0.4, 0.5) is 0 Å². The Morgan fingerprint density at radius 2 is 1.61 bits per heavy atom. The Labute approximate surface area is 166 Å². The van der Waals surface area contributed by atoms with Crippen LogP contribution in [0.1, 0.15) is 37.5 Å². The van der Waals surface area contributed by atoms with E-state index in [1.165, 1.54) is 16.7 Å². The summed E-state index contributed by atoms with van der Waals surface area (Å²) in [5, 5.41) is 0. The van der Waals surface area contributed by atoms with Gasteiger partial charge in [0.05, 0.1) is 0 Å². The summed E-state index contributed by atoms with van der Waals surface area (Å²) in [7, 11) is 0. The van der Waals surface area contributed by atoms with Crippen LogP contribution in [0.15, 0.2) is 61.2 Å². The zero-order chi connectivity index (χ0) is 19.6. The molecule has 28 heavy (non-hydrogen) atoms. The van der Waals surface area contributed by atoms with Gasteiger partial charge in [-0.25, -0.2) is 0 Å². The van der Waals surface area contributed by atoms with Gasteiger partial charge in [-0.05, 0) is 67.8 Å². The topological polar surface area (TPSA) is 39.5 Å². The molecule has 0 radical (unpaired) electrons. The smallest absolute Gasteiger partial charge is 0.231 e. The summed E-state index contributed by atoms with van der Waals surface area (Å²) in [4.78, 5) is 6.58. The van der Waals surface area contributed by atoms with Crippen molar-refractivity contribution in [3.63, 3.8) is 0 Å². The molecule has 0 spiro atoms. The van der Waals surface area contributed by atoms with E-state index in [0.29, 0.717) is 6.79 Å². The molecule has 1 aliphatic rings. The van der Waals surface area contributed by atoms with Gasteiger partial charge in [0, 0.05) is 50.0 Å². The maximum absolute atomic E-state index is 5.55. The number of rotatable bonds is 6. The van der Waals surface area contributed by atoms with E-state index in [2.05, 4.69) is 77.9 Å². The van der Waals surface area contributed by atoms with E-state index in [-0.39, 0.29) is 5.54 Å². The molecule has 0 saturated carbocycles. The van der Waals surface area contributed by atoms with Crippen LogP contribution >= 0.6 is 0 Å². The maximum atomic E-state index is 5.55. The average Bonchev–Trinajstić information content (AvgIpc) is 3.31. The van der Waals surface area contributed by atoms with Crippen molar-refractivity contribution in [3.8, 4) is 11.5 Å². The molecule has 0 atom stereocenters. The van der Waals surface area contributed by atoms with Gasteiger partial charge in [-0.1, -0.05) is 6.07 Å². The van der Waals surface area contributed by atoms with Gasteiger partial charge in [0.2, 0.25) is 6.79 Å². The van der Waals surface area contributed by atoms with Crippen molar-refractivity contribution in [2.24, 2.45) is 0 Å². The molecule has 0 fully saturated rings. The van der Waals surface area contributed by atoms with Crippen molar-refractivity contribution in [1.82, 2.24) is 14.5 Å². The van der Waals surface area contributed by atoms with Gasteiger partial charge in [0.15, 0.2) is 11.5 Å². The van der Waals surface area contributed by atoms with Crippen LogP contribution in [0.2, 0.25) is 0 Å². The van der Waals surface area contributed by atoms with Gasteiger partial charge in [-0.3, -0.25) is 9.88 Å². The van der Waals surface area contributed by atoms with Gasteiger partial charge in [0.25, 0.3) is 0 Å². The lowest BCUT2D eigenvalue weighted by Crippen LogP contribution is -2.23. The predicted octanol–water partition coefficient (Wildman–Crippen LogP) is 4.57. The Bertz CT molecular complexity index is 929. The molecule has 0 N–H and O–H groups in total. The lowest BCUT2D eigenvalue weighted by Gasteiger charge is -2.23. The first kappa shape index (κ1) is 18.6. The Hall–Kier alpha value is -2.79. The molecule has 0 aliphatic carbocycles. The lowest BCUT2D eigenvalue weighted by molar-refractivity contribution is 0.174. The number of hydrogen-bond acceptors (Lipinski definition) is 4. The van der Waals surface area contributed by atoms with Gasteiger partial charge < -0.3 is 14.0 Å². The number of aromatic nitrogens is 2. The van der Waals surface area contributed by atoms with Gasteiger partial charge >= 0.3 is 0 Å². The monoisotopic (exact) mass is 377 g/mol. The zero-order valence-corrected chi connectivity index (χ0v) is 16.8. The summed E-state index contributed by atoms with van der Waals surface area (Å²) in [5.74, 6) is 1.66. The van der Waals surface area contributed by atoms with Crippen LogP contribution in [0.3, 0.4) is 0 Å². The molecule has 2 aromatic heterocycles. The summed E-state index contributed by atoms with van der Waals surface area (Å²) in [6, 6.07) is 12.6. The second-order valence-electron chi connectivity index (χ2n) is 8.29. The number of benzene rings is 1. The van der Waals surface area contributed by atoms with E-state index < -0.39 is 0 Å². The molecule has 0 bridgehead atoms. The highest BCUT2D eigenvalue weighted by atomic mass is 16.7. The maximum Gasteiger partial charge on any atom is 0.231 e. The van der Waals surface area contributed by atoms with Gasteiger partial charge in [-0.2, -0.15) is 0 Å². The third kappa shape index (κ3) is 4.37.